The SMILES string of the molecule is CCCCCCCCCCCCCCCC(=O)Oc1cccc(C(=O)/C=C/c2cc(OC)cc(OC)c2)c1. The second-order valence-electron chi connectivity index (χ2n) is 9.84. The molecule has 0 unspecified atom stereocenters. The third kappa shape index (κ3) is 12.9. The molecule has 0 radical (unpaired) electrons. The Hall–Kier alpha value is -3.08. The van der Waals surface area contributed by atoms with Gasteiger partial charge in [0.2, 0.25) is 0 Å². The Morgan fingerprint density at radius 1 is 0.684 bits per heavy atom. The Morgan fingerprint density at radius 2 is 1.24 bits per heavy atom. The molecule has 0 heterocycles. The molecular weight excluding hydrogens is 476 g/mol. The number of ether oxygens (including phenoxy) is 3. The van der Waals surface area contributed by atoms with E-state index in [0.717, 1.165) is 18.4 Å². The van der Waals surface area contributed by atoms with Crippen molar-refractivity contribution in [2.75, 3.05) is 14.2 Å². The number of esters is 1. The van der Waals surface area contributed by atoms with Crippen LogP contribution in [0, 0.1) is 0 Å². The fourth-order valence-electron chi connectivity index (χ4n) is 4.38. The van der Waals surface area contributed by atoms with Crippen LogP contribution in [0.2, 0.25) is 0 Å². The lowest BCUT2D eigenvalue weighted by atomic mass is 10.0. The van der Waals surface area contributed by atoms with E-state index in [1.807, 2.05) is 12.1 Å². The lowest BCUT2D eigenvalue weighted by molar-refractivity contribution is -0.134. The molecular formula is C33H46O5. The van der Waals surface area contributed by atoms with E-state index in [-0.39, 0.29) is 11.8 Å². The third-order valence-electron chi connectivity index (χ3n) is 6.64. The molecule has 0 atom stereocenters. The molecule has 0 aliphatic rings. The van der Waals surface area contributed by atoms with Gasteiger partial charge in [0.25, 0.3) is 0 Å². The summed E-state index contributed by atoms with van der Waals surface area (Å²) in [5.41, 5.74) is 1.25. The zero-order chi connectivity index (χ0) is 27.4. The van der Waals surface area contributed by atoms with Crippen molar-refractivity contribution in [1.82, 2.24) is 0 Å². The predicted octanol–water partition coefficient (Wildman–Crippen LogP) is 8.99. The first-order chi connectivity index (χ1) is 18.5. The van der Waals surface area contributed by atoms with Gasteiger partial charge in [0.15, 0.2) is 5.78 Å². The van der Waals surface area contributed by atoms with E-state index in [1.165, 1.54) is 76.7 Å². The molecule has 5 heteroatoms. The van der Waals surface area contributed by atoms with Gasteiger partial charge in [-0.3, -0.25) is 9.59 Å². The highest BCUT2D eigenvalue weighted by Gasteiger charge is 2.08. The van der Waals surface area contributed by atoms with Gasteiger partial charge in [-0.15, -0.1) is 0 Å². The molecule has 38 heavy (non-hydrogen) atoms. The van der Waals surface area contributed by atoms with Crippen LogP contribution in [0.15, 0.2) is 48.5 Å². The van der Waals surface area contributed by atoms with Crippen LogP contribution in [0.25, 0.3) is 6.08 Å². The van der Waals surface area contributed by atoms with Gasteiger partial charge in [-0.25, -0.2) is 0 Å². The number of hydrogen-bond donors (Lipinski definition) is 0. The van der Waals surface area contributed by atoms with Crippen LogP contribution in [0.1, 0.15) is 113 Å². The normalized spacial score (nSPS) is 11.0. The monoisotopic (exact) mass is 522 g/mol. The van der Waals surface area contributed by atoms with Crippen molar-refractivity contribution in [3.8, 4) is 17.2 Å². The van der Waals surface area contributed by atoms with Crippen LogP contribution in [0.4, 0.5) is 0 Å². The van der Waals surface area contributed by atoms with Crippen LogP contribution in [-0.2, 0) is 4.79 Å². The lowest BCUT2D eigenvalue weighted by Crippen LogP contribution is -2.08. The average Bonchev–Trinajstić information content (AvgIpc) is 2.94. The van der Waals surface area contributed by atoms with E-state index in [4.69, 9.17) is 14.2 Å². The topological polar surface area (TPSA) is 61.8 Å². The van der Waals surface area contributed by atoms with Crippen LogP contribution in [-0.4, -0.2) is 26.0 Å². The van der Waals surface area contributed by atoms with Crippen LogP contribution >= 0.6 is 0 Å². The average molecular weight is 523 g/mol. The summed E-state index contributed by atoms with van der Waals surface area (Å²) in [6, 6.07) is 12.2. The number of carbonyl (C=O) groups excluding carboxylic acids is 2. The summed E-state index contributed by atoms with van der Waals surface area (Å²) in [5.74, 6) is 1.26. The highest BCUT2D eigenvalue weighted by Crippen LogP contribution is 2.24. The molecule has 0 amide bonds. The Bertz CT molecular complexity index is 972. The minimum atomic E-state index is -0.253. The van der Waals surface area contributed by atoms with Gasteiger partial charge >= 0.3 is 5.97 Å². The number of carbonyl (C=O) groups is 2. The molecule has 2 rings (SSSR count). The van der Waals surface area contributed by atoms with Crippen LogP contribution < -0.4 is 14.2 Å². The number of rotatable bonds is 20. The van der Waals surface area contributed by atoms with E-state index in [0.29, 0.717) is 29.2 Å². The molecule has 0 saturated heterocycles. The van der Waals surface area contributed by atoms with Gasteiger partial charge in [0, 0.05) is 18.1 Å². The number of methoxy groups -OCH3 is 2. The first kappa shape index (κ1) is 31.1. The first-order valence-electron chi connectivity index (χ1n) is 14.3. The van der Waals surface area contributed by atoms with Crippen molar-refractivity contribution in [1.29, 1.82) is 0 Å². The molecule has 208 valence electrons. The summed E-state index contributed by atoms with van der Waals surface area (Å²) in [7, 11) is 3.16. The predicted molar refractivity (Wildman–Crippen MR) is 155 cm³/mol. The zero-order valence-corrected chi connectivity index (χ0v) is 23.6. The van der Waals surface area contributed by atoms with Crippen LogP contribution in [0.3, 0.4) is 0 Å². The largest absolute Gasteiger partial charge is 0.497 e. The maximum absolute atomic E-state index is 12.7. The fraction of sp³-hybridized carbons (Fsp3) is 0.515. The maximum Gasteiger partial charge on any atom is 0.311 e. The zero-order valence-electron chi connectivity index (χ0n) is 23.6. The molecule has 0 bridgehead atoms. The van der Waals surface area contributed by atoms with Crippen molar-refractivity contribution in [2.45, 2.75) is 96.8 Å². The van der Waals surface area contributed by atoms with Gasteiger partial charge in [0.05, 0.1) is 14.2 Å². The number of benzene rings is 2. The Balaban J connectivity index is 1.66. The van der Waals surface area contributed by atoms with E-state index in [1.54, 1.807) is 50.6 Å². The maximum atomic E-state index is 12.7. The van der Waals surface area contributed by atoms with Gasteiger partial charge < -0.3 is 14.2 Å². The van der Waals surface area contributed by atoms with Gasteiger partial charge in [-0.2, -0.15) is 0 Å². The standard InChI is InChI=1S/C33H46O5/c1-4-5-6-7-8-9-10-11-12-13-14-15-16-20-33(35)38-29-19-17-18-28(25-29)32(34)22-21-27-23-30(36-2)26-31(24-27)37-3/h17-19,21-26H,4-16,20H2,1-3H3/b22-21+. The summed E-state index contributed by atoms with van der Waals surface area (Å²) in [4.78, 5) is 25.0. The lowest BCUT2D eigenvalue weighted by Gasteiger charge is -2.06. The highest BCUT2D eigenvalue weighted by atomic mass is 16.5. The van der Waals surface area contributed by atoms with Crippen molar-refractivity contribution in [3.63, 3.8) is 0 Å². The van der Waals surface area contributed by atoms with Gasteiger partial charge in [-0.1, -0.05) is 102 Å². The summed E-state index contributed by atoms with van der Waals surface area (Å²) in [5, 5.41) is 0. The minimum absolute atomic E-state index is 0.179. The molecule has 0 N–H and O–H groups in total. The first-order valence-corrected chi connectivity index (χ1v) is 14.3. The molecule has 2 aromatic carbocycles. The van der Waals surface area contributed by atoms with E-state index >= 15 is 0 Å². The van der Waals surface area contributed by atoms with E-state index in [2.05, 4.69) is 6.92 Å². The van der Waals surface area contributed by atoms with Gasteiger partial charge in [-0.05, 0) is 42.3 Å². The van der Waals surface area contributed by atoms with Crippen molar-refractivity contribution >= 4 is 17.8 Å². The third-order valence-corrected chi connectivity index (χ3v) is 6.64. The quantitative estimate of drug-likeness (QED) is 0.0571. The number of unbranched alkanes of at least 4 members (excludes halogenated alkanes) is 12. The molecule has 0 spiro atoms. The smallest absolute Gasteiger partial charge is 0.311 e. The second-order valence-corrected chi connectivity index (χ2v) is 9.84. The summed E-state index contributed by atoms with van der Waals surface area (Å²) in [6.07, 6.45) is 20.1. The molecule has 5 nitrogen and oxygen atoms in total. The Morgan fingerprint density at radius 3 is 1.79 bits per heavy atom. The molecule has 2 aromatic rings. The minimum Gasteiger partial charge on any atom is -0.497 e. The van der Waals surface area contributed by atoms with Crippen molar-refractivity contribution in [3.05, 3.63) is 59.7 Å². The molecule has 0 aromatic heterocycles. The van der Waals surface area contributed by atoms with Crippen LogP contribution in [0.5, 0.6) is 17.2 Å². The van der Waals surface area contributed by atoms with Crippen molar-refractivity contribution in [2.24, 2.45) is 0 Å². The summed E-state index contributed by atoms with van der Waals surface area (Å²) in [6.45, 7) is 2.26. The Labute approximate surface area is 229 Å². The number of ketones is 1. The second kappa shape index (κ2) is 19.1. The number of allylic oxidation sites excluding steroid dienone is 1. The molecule has 0 aliphatic carbocycles. The van der Waals surface area contributed by atoms with E-state index in [9.17, 15) is 9.59 Å². The highest BCUT2D eigenvalue weighted by molar-refractivity contribution is 6.07. The molecule has 0 saturated carbocycles. The summed E-state index contributed by atoms with van der Waals surface area (Å²) >= 11 is 0. The number of hydrogen-bond acceptors (Lipinski definition) is 5. The molecule has 0 aliphatic heterocycles. The van der Waals surface area contributed by atoms with Crippen molar-refractivity contribution < 1.29 is 23.8 Å². The summed E-state index contributed by atoms with van der Waals surface area (Å²) < 4.78 is 16.0. The van der Waals surface area contributed by atoms with E-state index < -0.39 is 0 Å². The molecule has 0 fully saturated rings. The van der Waals surface area contributed by atoms with Gasteiger partial charge in [0.1, 0.15) is 17.2 Å². The Kier molecular flexibility index (Phi) is 15.6. The fourth-order valence-corrected chi connectivity index (χ4v) is 4.38.